The van der Waals surface area contributed by atoms with Gasteiger partial charge in [0.2, 0.25) is 0 Å². The summed E-state index contributed by atoms with van der Waals surface area (Å²) in [4.78, 5) is 2.50. The molecule has 1 fully saturated rings. The summed E-state index contributed by atoms with van der Waals surface area (Å²) in [7, 11) is 0. The van der Waals surface area contributed by atoms with Crippen molar-refractivity contribution in [3.63, 3.8) is 0 Å². The van der Waals surface area contributed by atoms with Crippen molar-refractivity contribution in [3.05, 3.63) is 24.3 Å². The maximum absolute atomic E-state index is 5.84. The van der Waals surface area contributed by atoms with Crippen LogP contribution in [-0.2, 0) is 0 Å². The van der Waals surface area contributed by atoms with Crippen LogP contribution in [0, 0.1) is 5.92 Å². The van der Waals surface area contributed by atoms with Gasteiger partial charge in [-0.25, -0.2) is 0 Å². The van der Waals surface area contributed by atoms with E-state index in [4.69, 9.17) is 15.2 Å². The average Bonchev–Trinajstić information content (AvgIpc) is 2.55. The summed E-state index contributed by atoms with van der Waals surface area (Å²) in [5, 5.41) is 0. The third-order valence-corrected chi connectivity index (χ3v) is 4.15. The van der Waals surface area contributed by atoms with Crippen LogP contribution in [-0.4, -0.2) is 44.3 Å². The third kappa shape index (κ3) is 7.42. The van der Waals surface area contributed by atoms with Crippen molar-refractivity contribution in [3.8, 4) is 11.5 Å². The smallest absolute Gasteiger partial charge is 0.119 e. The predicted molar refractivity (Wildman–Crippen MR) is 97.8 cm³/mol. The van der Waals surface area contributed by atoms with Gasteiger partial charge in [-0.15, -0.1) is 12.4 Å². The van der Waals surface area contributed by atoms with Gasteiger partial charge in [0.15, 0.2) is 0 Å². The normalized spacial score (nSPS) is 18.3. The lowest BCUT2D eigenvalue weighted by Crippen LogP contribution is -2.38. The molecule has 1 aliphatic heterocycles. The minimum Gasteiger partial charge on any atom is -0.494 e. The Labute approximate surface area is 146 Å². The van der Waals surface area contributed by atoms with Crippen LogP contribution in [0.3, 0.4) is 0 Å². The molecule has 2 rings (SSSR count). The lowest BCUT2D eigenvalue weighted by Gasteiger charge is -2.32. The van der Waals surface area contributed by atoms with Crippen molar-refractivity contribution in [1.29, 1.82) is 0 Å². The molecule has 0 spiro atoms. The average molecular weight is 343 g/mol. The maximum Gasteiger partial charge on any atom is 0.119 e. The highest BCUT2D eigenvalue weighted by atomic mass is 35.5. The van der Waals surface area contributed by atoms with E-state index in [1.165, 1.54) is 25.9 Å². The Balaban J connectivity index is 0.00000264. The van der Waals surface area contributed by atoms with Gasteiger partial charge in [-0.1, -0.05) is 6.92 Å². The highest BCUT2D eigenvalue weighted by Gasteiger charge is 2.18. The molecule has 0 aromatic heterocycles. The zero-order valence-electron chi connectivity index (χ0n) is 14.2. The van der Waals surface area contributed by atoms with Gasteiger partial charge >= 0.3 is 0 Å². The van der Waals surface area contributed by atoms with Crippen molar-refractivity contribution in [2.75, 3.05) is 39.4 Å². The van der Waals surface area contributed by atoms with Gasteiger partial charge in [-0.3, -0.25) is 4.90 Å². The Bertz CT molecular complexity index is 412. The van der Waals surface area contributed by atoms with Crippen LogP contribution >= 0.6 is 12.4 Å². The number of hydrogen-bond acceptors (Lipinski definition) is 4. The summed E-state index contributed by atoms with van der Waals surface area (Å²) in [6.45, 7) is 7.77. The molecule has 0 amide bonds. The van der Waals surface area contributed by atoms with Gasteiger partial charge in [0.25, 0.3) is 0 Å². The maximum atomic E-state index is 5.84. The minimum atomic E-state index is 0. The van der Waals surface area contributed by atoms with Crippen molar-refractivity contribution < 1.29 is 9.47 Å². The Morgan fingerprint density at radius 3 is 2.39 bits per heavy atom. The van der Waals surface area contributed by atoms with Crippen LogP contribution in [0.25, 0.3) is 0 Å². The zero-order valence-corrected chi connectivity index (χ0v) is 15.0. The molecule has 1 aromatic rings. The number of halogens is 1. The molecule has 132 valence electrons. The second kappa shape index (κ2) is 11.5. The van der Waals surface area contributed by atoms with Crippen LogP contribution in [0.5, 0.6) is 11.5 Å². The standard InChI is InChI=1S/C18H30N2O2.ClH/c1-2-13-21-17-5-7-18(8-6-17)22-14-12-20-11-3-4-16(15-20)9-10-19;/h5-8,16H,2-4,9-15,19H2,1H3;1H. The van der Waals surface area contributed by atoms with Crippen LogP contribution < -0.4 is 15.2 Å². The van der Waals surface area contributed by atoms with Gasteiger partial charge in [0, 0.05) is 13.1 Å². The first-order valence-corrected chi connectivity index (χ1v) is 8.60. The molecule has 0 aliphatic carbocycles. The number of likely N-dealkylation sites (tertiary alicyclic amines) is 1. The first-order valence-electron chi connectivity index (χ1n) is 8.60. The molecule has 23 heavy (non-hydrogen) atoms. The molecular weight excluding hydrogens is 312 g/mol. The lowest BCUT2D eigenvalue weighted by atomic mass is 9.95. The van der Waals surface area contributed by atoms with E-state index in [9.17, 15) is 0 Å². The number of nitrogens with two attached hydrogens (primary N) is 1. The molecule has 2 N–H and O–H groups in total. The molecule has 1 aromatic carbocycles. The first-order chi connectivity index (χ1) is 10.8. The van der Waals surface area contributed by atoms with E-state index in [-0.39, 0.29) is 12.4 Å². The fraction of sp³-hybridized carbons (Fsp3) is 0.667. The topological polar surface area (TPSA) is 47.7 Å². The van der Waals surface area contributed by atoms with Crippen molar-refractivity contribution >= 4 is 12.4 Å². The Kier molecular flexibility index (Phi) is 10.1. The van der Waals surface area contributed by atoms with E-state index in [0.717, 1.165) is 56.6 Å². The van der Waals surface area contributed by atoms with Gasteiger partial charge in [0.1, 0.15) is 18.1 Å². The van der Waals surface area contributed by atoms with Crippen molar-refractivity contribution in [1.82, 2.24) is 4.90 Å². The molecule has 5 heteroatoms. The Hall–Kier alpha value is -0.970. The number of piperidine rings is 1. The number of ether oxygens (including phenoxy) is 2. The zero-order chi connectivity index (χ0) is 15.6. The van der Waals surface area contributed by atoms with Crippen molar-refractivity contribution in [2.45, 2.75) is 32.6 Å². The fourth-order valence-electron chi connectivity index (χ4n) is 2.97. The van der Waals surface area contributed by atoms with Gasteiger partial charge < -0.3 is 15.2 Å². The van der Waals surface area contributed by atoms with E-state index in [1.54, 1.807) is 0 Å². The van der Waals surface area contributed by atoms with Gasteiger partial charge in [-0.05, 0) is 69.0 Å². The largest absolute Gasteiger partial charge is 0.494 e. The minimum absolute atomic E-state index is 0. The molecule has 0 saturated carbocycles. The van der Waals surface area contributed by atoms with E-state index < -0.39 is 0 Å². The van der Waals surface area contributed by atoms with Crippen LogP contribution in [0.4, 0.5) is 0 Å². The molecular formula is C18H31ClN2O2. The summed E-state index contributed by atoms with van der Waals surface area (Å²) < 4.78 is 11.4. The Morgan fingerprint density at radius 1 is 1.13 bits per heavy atom. The molecule has 1 saturated heterocycles. The fourth-order valence-corrected chi connectivity index (χ4v) is 2.97. The van der Waals surface area contributed by atoms with E-state index in [2.05, 4.69) is 11.8 Å². The summed E-state index contributed by atoms with van der Waals surface area (Å²) in [5.74, 6) is 2.60. The second-order valence-corrected chi connectivity index (χ2v) is 6.05. The van der Waals surface area contributed by atoms with Crippen LogP contribution in [0.2, 0.25) is 0 Å². The summed E-state index contributed by atoms with van der Waals surface area (Å²) in [5.41, 5.74) is 5.67. The molecule has 0 radical (unpaired) electrons. The van der Waals surface area contributed by atoms with Crippen molar-refractivity contribution in [2.24, 2.45) is 11.7 Å². The van der Waals surface area contributed by atoms with Crippen LogP contribution in [0.15, 0.2) is 24.3 Å². The third-order valence-electron chi connectivity index (χ3n) is 4.15. The molecule has 1 atom stereocenters. The number of nitrogens with zero attached hydrogens (tertiary/aromatic N) is 1. The van der Waals surface area contributed by atoms with Gasteiger partial charge in [-0.2, -0.15) is 0 Å². The highest BCUT2D eigenvalue weighted by Crippen LogP contribution is 2.20. The molecule has 1 unspecified atom stereocenters. The lowest BCUT2D eigenvalue weighted by molar-refractivity contribution is 0.144. The molecule has 0 bridgehead atoms. The van der Waals surface area contributed by atoms with E-state index >= 15 is 0 Å². The highest BCUT2D eigenvalue weighted by molar-refractivity contribution is 5.85. The summed E-state index contributed by atoms with van der Waals surface area (Å²) >= 11 is 0. The number of benzene rings is 1. The van der Waals surface area contributed by atoms with Crippen LogP contribution in [0.1, 0.15) is 32.6 Å². The second-order valence-electron chi connectivity index (χ2n) is 6.05. The number of rotatable bonds is 9. The predicted octanol–water partition coefficient (Wildman–Crippen LogP) is 3.34. The molecule has 4 nitrogen and oxygen atoms in total. The number of hydrogen-bond donors (Lipinski definition) is 1. The molecule has 1 heterocycles. The summed E-state index contributed by atoms with van der Waals surface area (Å²) in [6.07, 6.45) is 4.79. The van der Waals surface area contributed by atoms with E-state index in [0.29, 0.717) is 0 Å². The SMILES string of the molecule is CCCOc1ccc(OCCN2CCCC(CCN)C2)cc1.Cl. The quantitative estimate of drug-likeness (QED) is 0.747. The molecule has 1 aliphatic rings. The summed E-state index contributed by atoms with van der Waals surface area (Å²) in [6, 6.07) is 7.92. The Morgan fingerprint density at radius 2 is 1.78 bits per heavy atom. The monoisotopic (exact) mass is 342 g/mol. The first kappa shape index (κ1) is 20.1. The van der Waals surface area contributed by atoms with Gasteiger partial charge in [0.05, 0.1) is 6.61 Å². The van der Waals surface area contributed by atoms with E-state index in [1.807, 2.05) is 24.3 Å².